The molecule has 0 fully saturated rings. The smallest absolute Gasteiger partial charge is 0.207 e. The molecule has 0 aromatic heterocycles. The fourth-order valence-electron chi connectivity index (χ4n) is 1.79. The third kappa shape index (κ3) is 3.46. The molecule has 0 aliphatic carbocycles. The van der Waals surface area contributed by atoms with Gasteiger partial charge in [-0.1, -0.05) is 38.5 Å². The highest BCUT2D eigenvalue weighted by Gasteiger charge is 2.24. The van der Waals surface area contributed by atoms with Gasteiger partial charge in [0.05, 0.1) is 4.90 Å². The van der Waals surface area contributed by atoms with Gasteiger partial charge in [-0.15, -0.1) is 11.6 Å². The second-order valence-electron chi connectivity index (χ2n) is 4.09. The number of rotatable bonds is 7. The van der Waals surface area contributed by atoms with E-state index in [-0.39, 0.29) is 5.88 Å². The molecule has 1 aromatic carbocycles. The maximum absolute atomic E-state index is 12.5. The molecule has 18 heavy (non-hydrogen) atoms. The van der Waals surface area contributed by atoms with Crippen LogP contribution in [0.3, 0.4) is 0 Å². The van der Waals surface area contributed by atoms with Gasteiger partial charge in [0.2, 0.25) is 10.0 Å². The van der Waals surface area contributed by atoms with E-state index in [1.807, 2.05) is 13.8 Å². The molecule has 0 amide bonds. The first-order chi connectivity index (χ1) is 8.57. The van der Waals surface area contributed by atoms with Gasteiger partial charge in [-0.05, 0) is 18.1 Å². The molecule has 0 atom stereocenters. The van der Waals surface area contributed by atoms with E-state index in [4.69, 9.17) is 11.6 Å². The maximum Gasteiger partial charge on any atom is 0.243 e. The molecule has 0 spiro atoms. The first kappa shape index (κ1) is 15.5. The lowest BCUT2D eigenvalue weighted by molar-refractivity contribution is 0.418. The minimum absolute atomic E-state index is 0.209. The minimum Gasteiger partial charge on any atom is -0.207 e. The van der Waals surface area contributed by atoms with Crippen LogP contribution in [0.5, 0.6) is 0 Å². The van der Waals surface area contributed by atoms with Crippen LogP contribution in [0.4, 0.5) is 0 Å². The zero-order valence-electron chi connectivity index (χ0n) is 10.9. The molecule has 0 saturated heterocycles. The number of hydrogen-bond donors (Lipinski definition) is 0. The zero-order valence-corrected chi connectivity index (χ0v) is 12.5. The van der Waals surface area contributed by atoms with Crippen molar-refractivity contribution >= 4 is 21.6 Å². The van der Waals surface area contributed by atoms with Crippen molar-refractivity contribution in [2.24, 2.45) is 0 Å². The van der Waals surface area contributed by atoms with Crippen molar-refractivity contribution in [3.05, 3.63) is 29.8 Å². The average Bonchev–Trinajstić information content (AvgIpc) is 2.39. The number of benzene rings is 1. The standard InChI is InChI=1S/C13H20ClNO2S/c1-3-5-10-15(4-2)18(16,17)13-9-7-6-8-12(13)11-14/h6-9H,3-5,10-11H2,1-2H3. The first-order valence-corrected chi connectivity index (χ1v) is 8.19. The van der Waals surface area contributed by atoms with Crippen molar-refractivity contribution < 1.29 is 8.42 Å². The molecule has 0 radical (unpaired) electrons. The molecule has 102 valence electrons. The quantitative estimate of drug-likeness (QED) is 0.723. The van der Waals surface area contributed by atoms with Gasteiger partial charge in [0.1, 0.15) is 0 Å². The van der Waals surface area contributed by atoms with Crippen LogP contribution in [0.2, 0.25) is 0 Å². The summed E-state index contributed by atoms with van der Waals surface area (Å²) in [5.74, 6) is 0.209. The molecular weight excluding hydrogens is 270 g/mol. The lowest BCUT2D eigenvalue weighted by Gasteiger charge is -2.21. The Balaban J connectivity index is 3.10. The molecule has 0 unspecified atom stereocenters. The Labute approximate surface area is 115 Å². The summed E-state index contributed by atoms with van der Waals surface area (Å²) >= 11 is 5.81. The molecule has 1 rings (SSSR count). The lowest BCUT2D eigenvalue weighted by Crippen LogP contribution is -2.32. The molecule has 1 aromatic rings. The Hall–Kier alpha value is -0.580. The minimum atomic E-state index is -3.42. The van der Waals surface area contributed by atoms with Crippen LogP contribution in [0, 0.1) is 0 Å². The second kappa shape index (κ2) is 7.12. The van der Waals surface area contributed by atoms with Crippen molar-refractivity contribution in [2.45, 2.75) is 37.5 Å². The topological polar surface area (TPSA) is 37.4 Å². The van der Waals surface area contributed by atoms with E-state index in [1.165, 1.54) is 4.31 Å². The van der Waals surface area contributed by atoms with Crippen molar-refractivity contribution in [3.63, 3.8) is 0 Å². The maximum atomic E-state index is 12.5. The third-order valence-electron chi connectivity index (χ3n) is 2.85. The van der Waals surface area contributed by atoms with Crippen molar-refractivity contribution in [1.29, 1.82) is 0 Å². The molecular formula is C13H20ClNO2S. The second-order valence-corrected chi connectivity index (χ2v) is 6.27. The molecule has 0 saturated carbocycles. The van der Waals surface area contributed by atoms with E-state index in [9.17, 15) is 8.42 Å². The van der Waals surface area contributed by atoms with Crippen LogP contribution in [0.1, 0.15) is 32.3 Å². The predicted octanol–water partition coefficient (Wildman–Crippen LogP) is 3.24. The van der Waals surface area contributed by atoms with Gasteiger partial charge in [0.15, 0.2) is 0 Å². The summed E-state index contributed by atoms with van der Waals surface area (Å²) in [5.41, 5.74) is 0.661. The van der Waals surface area contributed by atoms with Gasteiger partial charge >= 0.3 is 0 Å². The summed E-state index contributed by atoms with van der Waals surface area (Å²) in [7, 11) is -3.42. The van der Waals surface area contributed by atoms with Crippen LogP contribution in [0.25, 0.3) is 0 Å². The van der Waals surface area contributed by atoms with Crippen LogP contribution < -0.4 is 0 Å². The molecule has 0 heterocycles. The summed E-state index contributed by atoms with van der Waals surface area (Å²) in [5, 5.41) is 0. The fourth-order valence-corrected chi connectivity index (χ4v) is 3.81. The summed E-state index contributed by atoms with van der Waals surface area (Å²) in [4.78, 5) is 0.331. The highest BCUT2D eigenvalue weighted by molar-refractivity contribution is 7.89. The number of nitrogens with zero attached hydrogens (tertiary/aromatic N) is 1. The van der Waals surface area contributed by atoms with Crippen molar-refractivity contribution in [1.82, 2.24) is 4.31 Å². The summed E-state index contributed by atoms with van der Waals surface area (Å²) in [6, 6.07) is 6.92. The van der Waals surface area contributed by atoms with Crippen molar-refractivity contribution in [2.75, 3.05) is 13.1 Å². The zero-order chi connectivity index (χ0) is 13.6. The summed E-state index contributed by atoms with van der Waals surface area (Å²) in [6.45, 7) is 4.95. The molecule has 0 bridgehead atoms. The highest BCUT2D eigenvalue weighted by Crippen LogP contribution is 2.21. The number of alkyl halides is 1. The number of unbranched alkanes of at least 4 members (excludes halogenated alkanes) is 1. The first-order valence-electron chi connectivity index (χ1n) is 6.21. The van der Waals surface area contributed by atoms with Gasteiger partial charge in [0.25, 0.3) is 0 Å². The Bertz CT molecular complexity index is 474. The van der Waals surface area contributed by atoms with E-state index in [0.717, 1.165) is 12.8 Å². The van der Waals surface area contributed by atoms with E-state index >= 15 is 0 Å². The third-order valence-corrected chi connectivity index (χ3v) is 5.21. The van der Waals surface area contributed by atoms with Crippen LogP contribution in [-0.2, 0) is 15.9 Å². The van der Waals surface area contributed by atoms with Crippen LogP contribution >= 0.6 is 11.6 Å². The SMILES string of the molecule is CCCCN(CC)S(=O)(=O)c1ccccc1CCl. The normalized spacial score (nSPS) is 12.0. The Morgan fingerprint density at radius 3 is 2.44 bits per heavy atom. The van der Waals surface area contributed by atoms with Crippen LogP contribution in [0.15, 0.2) is 29.2 Å². The van der Waals surface area contributed by atoms with Gasteiger partial charge in [-0.3, -0.25) is 0 Å². The molecule has 0 aliphatic rings. The lowest BCUT2D eigenvalue weighted by atomic mass is 10.2. The Morgan fingerprint density at radius 1 is 1.22 bits per heavy atom. The van der Waals surface area contributed by atoms with E-state index in [2.05, 4.69) is 0 Å². The van der Waals surface area contributed by atoms with Gasteiger partial charge < -0.3 is 0 Å². The molecule has 3 nitrogen and oxygen atoms in total. The fraction of sp³-hybridized carbons (Fsp3) is 0.538. The largest absolute Gasteiger partial charge is 0.243 e. The summed E-state index contributed by atoms with van der Waals surface area (Å²) < 4.78 is 26.5. The van der Waals surface area contributed by atoms with E-state index < -0.39 is 10.0 Å². The van der Waals surface area contributed by atoms with Gasteiger partial charge in [-0.25, -0.2) is 8.42 Å². The summed E-state index contributed by atoms with van der Waals surface area (Å²) in [6.07, 6.45) is 1.85. The number of hydrogen-bond acceptors (Lipinski definition) is 2. The molecule has 5 heteroatoms. The van der Waals surface area contributed by atoms with Crippen molar-refractivity contribution in [3.8, 4) is 0 Å². The predicted molar refractivity (Wildman–Crippen MR) is 75.3 cm³/mol. The number of sulfonamides is 1. The van der Waals surface area contributed by atoms with Gasteiger partial charge in [-0.2, -0.15) is 4.31 Å². The van der Waals surface area contributed by atoms with E-state index in [1.54, 1.807) is 24.3 Å². The van der Waals surface area contributed by atoms with Gasteiger partial charge in [0, 0.05) is 19.0 Å². The number of halogens is 1. The Morgan fingerprint density at radius 2 is 1.89 bits per heavy atom. The highest BCUT2D eigenvalue weighted by atomic mass is 35.5. The average molecular weight is 290 g/mol. The van der Waals surface area contributed by atoms with Crippen LogP contribution in [-0.4, -0.2) is 25.8 Å². The molecule has 0 aliphatic heterocycles. The monoisotopic (exact) mass is 289 g/mol. The molecule has 0 N–H and O–H groups in total. The van der Waals surface area contributed by atoms with E-state index in [0.29, 0.717) is 23.5 Å². The Kier molecular flexibility index (Phi) is 6.12.